The minimum Gasteiger partial charge on any atom is -0.242 e. The summed E-state index contributed by atoms with van der Waals surface area (Å²) in [7, 11) is 0. The van der Waals surface area contributed by atoms with Crippen LogP contribution in [0.15, 0.2) is 42.9 Å². The summed E-state index contributed by atoms with van der Waals surface area (Å²) in [4.78, 5) is 9.58. The Morgan fingerprint density at radius 2 is 1.94 bits per heavy atom. The van der Waals surface area contributed by atoms with E-state index in [1.165, 1.54) is 6.33 Å². The van der Waals surface area contributed by atoms with E-state index < -0.39 is 0 Å². The largest absolute Gasteiger partial charge is 0.242 e. The van der Waals surface area contributed by atoms with Crippen molar-refractivity contribution in [3.63, 3.8) is 0 Å². The summed E-state index contributed by atoms with van der Waals surface area (Å²) in [6, 6.07) is 10.1. The Balaban J connectivity index is 1.95. The fourth-order valence-corrected chi connectivity index (χ4v) is 1.54. The molecule has 0 saturated carbocycles. The first-order chi connectivity index (χ1) is 7.92. The highest BCUT2D eigenvalue weighted by molar-refractivity contribution is 5.66. The molecule has 0 N–H and O–H groups in total. The SMILES string of the molecule is c1ccc(Cn2nc3cncnc3n2)cc1. The number of fused-ring (bicyclic) bond motifs is 1. The zero-order valence-corrected chi connectivity index (χ0v) is 8.48. The van der Waals surface area contributed by atoms with Gasteiger partial charge in [-0.3, -0.25) is 0 Å². The summed E-state index contributed by atoms with van der Waals surface area (Å²) in [5.74, 6) is 0. The molecular formula is C11H9N5. The second kappa shape index (κ2) is 3.69. The molecule has 0 saturated heterocycles. The summed E-state index contributed by atoms with van der Waals surface area (Å²) in [5, 5.41) is 8.55. The van der Waals surface area contributed by atoms with Crippen LogP contribution in [0.5, 0.6) is 0 Å². The summed E-state index contributed by atoms with van der Waals surface area (Å²) >= 11 is 0. The molecule has 5 heteroatoms. The van der Waals surface area contributed by atoms with Crippen molar-refractivity contribution in [1.29, 1.82) is 0 Å². The van der Waals surface area contributed by atoms with Gasteiger partial charge in [0.1, 0.15) is 6.33 Å². The molecule has 0 radical (unpaired) electrons. The Kier molecular flexibility index (Phi) is 2.07. The molecule has 1 aromatic carbocycles. The lowest BCUT2D eigenvalue weighted by atomic mass is 10.2. The van der Waals surface area contributed by atoms with Gasteiger partial charge in [-0.25, -0.2) is 9.97 Å². The third-order valence-corrected chi connectivity index (χ3v) is 2.27. The van der Waals surface area contributed by atoms with Crippen LogP contribution in [0.2, 0.25) is 0 Å². The number of benzene rings is 1. The second-order valence-electron chi connectivity index (χ2n) is 3.45. The van der Waals surface area contributed by atoms with Gasteiger partial charge in [-0.15, -0.1) is 10.2 Å². The van der Waals surface area contributed by atoms with Crippen LogP contribution >= 0.6 is 0 Å². The van der Waals surface area contributed by atoms with Crippen molar-refractivity contribution in [2.75, 3.05) is 0 Å². The van der Waals surface area contributed by atoms with Gasteiger partial charge in [-0.2, -0.15) is 4.80 Å². The minimum atomic E-state index is 0.630. The number of nitrogens with zero attached hydrogens (tertiary/aromatic N) is 5. The highest BCUT2D eigenvalue weighted by Gasteiger charge is 2.03. The fraction of sp³-hybridized carbons (Fsp3) is 0.0909. The van der Waals surface area contributed by atoms with Crippen LogP contribution in [0.4, 0.5) is 0 Å². The molecular weight excluding hydrogens is 202 g/mol. The standard InChI is InChI=1S/C11H9N5/c1-2-4-9(5-3-1)7-16-14-10-6-12-8-13-11(10)15-16/h1-6,8H,7H2. The van der Waals surface area contributed by atoms with Crippen LogP contribution in [0.1, 0.15) is 5.56 Å². The van der Waals surface area contributed by atoms with E-state index in [1.807, 2.05) is 30.3 Å². The smallest absolute Gasteiger partial charge is 0.204 e. The van der Waals surface area contributed by atoms with Gasteiger partial charge >= 0.3 is 0 Å². The molecule has 2 aromatic heterocycles. The lowest BCUT2D eigenvalue weighted by Crippen LogP contribution is -2.03. The number of rotatable bonds is 2. The quantitative estimate of drug-likeness (QED) is 0.640. The minimum absolute atomic E-state index is 0.630. The van der Waals surface area contributed by atoms with E-state index in [2.05, 4.69) is 20.2 Å². The first kappa shape index (κ1) is 8.96. The normalized spacial score (nSPS) is 10.8. The van der Waals surface area contributed by atoms with Gasteiger partial charge in [0, 0.05) is 0 Å². The first-order valence-corrected chi connectivity index (χ1v) is 4.96. The lowest BCUT2D eigenvalue weighted by Gasteiger charge is -1.98. The fourth-order valence-electron chi connectivity index (χ4n) is 1.54. The Hall–Kier alpha value is -2.30. The van der Waals surface area contributed by atoms with Gasteiger partial charge in [0.25, 0.3) is 0 Å². The van der Waals surface area contributed by atoms with Gasteiger partial charge in [0.05, 0.1) is 12.7 Å². The molecule has 0 aliphatic heterocycles. The lowest BCUT2D eigenvalue weighted by molar-refractivity contribution is 0.599. The number of aromatic nitrogens is 5. The summed E-state index contributed by atoms with van der Waals surface area (Å²) in [5.41, 5.74) is 2.51. The van der Waals surface area contributed by atoms with E-state index in [4.69, 9.17) is 0 Å². The predicted molar refractivity (Wildman–Crippen MR) is 58.7 cm³/mol. The molecule has 78 valence electrons. The average molecular weight is 211 g/mol. The van der Waals surface area contributed by atoms with Crippen molar-refractivity contribution < 1.29 is 0 Å². The van der Waals surface area contributed by atoms with E-state index in [0.717, 1.165) is 11.1 Å². The molecule has 0 spiro atoms. The molecule has 0 amide bonds. The van der Waals surface area contributed by atoms with Crippen molar-refractivity contribution in [1.82, 2.24) is 25.0 Å². The molecule has 0 bridgehead atoms. The molecule has 0 atom stereocenters. The van der Waals surface area contributed by atoms with E-state index in [1.54, 1.807) is 11.0 Å². The Labute approximate surface area is 91.8 Å². The first-order valence-electron chi connectivity index (χ1n) is 4.96. The summed E-state index contributed by atoms with van der Waals surface area (Å²) in [6.45, 7) is 0.650. The maximum Gasteiger partial charge on any atom is 0.204 e. The van der Waals surface area contributed by atoms with Crippen LogP contribution in [0, 0.1) is 0 Å². The third-order valence-electron chi connectivity index (χ3n) is 2.27. The number of hydrogen-bond acceptors (Lipinski definition) is 4. The molecule has 0 aliphatic carbocycles. The van der Waals surface area contributed by atoms with Crippen molar-refractivity contribution in [2.45, 2.75) is 6.54 Å². The third kappa shape index (κ3) is 1.63. The maximum atomic E-state index is 4.29. The van der Waals surface area contributed by atoms with E-state index in [-0.39, 0.29) is 0 Å². The molecule has 0 fully saturated rings. The van der Waals surface area contributed by atoms with Crippen molar-refractivity contribution in [3.05, 3.63) is 48.4 Å². The van der Waals surface area contributed by atoms with E-state index >= 15 is 0 Å². The zero-order chi connectivity index (χ0) is 10.8. The van der Waals surface area contributed by atoms with Crippen molar-refractivity contribution >= 4 is 11.2 Å². The van der Waals surface area contributed by atoms with Gasteiger partial charge < -0.3 is 0 Å². The average Bonchev–Trinajstić information content (AvgIpc) is 2.72. The Morgan fingerprint density at radius 1 is 1.06 bits per heavy atom. The van der Waals surface area contributed by atoms with Crippen LogP contribution < -0.4 is 0 Å². The van der Waals surface area contributed by atoms with Gasteiger partial charge in [-0.1, -0.05) is 30.3 Å². The summed E-state index contributed by atoms with van der Waals surface area (Å²) in [6.07, 6.45) is 3.14. The Bertz CT molecular complexity index is 569. The molecule has 2 heterocycles. The van der Waals surface area contributed by atoms with Crippen LogP contribution in [-0.2, 0) is 6.54 Å². The molecule has 0 aliphatic rings. The molecule has 16 heavy (non-hydrogen) atoms. The highest BCUT2D eigenvalue weighted by atomic mass is 15.5. The Morgan fingerprint density at radius 3 is 2.75 bits per heavy atom. The van der Waals surface area contributed by atoms with Crippen molar-refractivity contribution in [3.8, 4) is 0 Å². The summed E-state index contributed by atoms with van der Waals surface area (Å²) < 4.78 is 0. The monoisotopic (exact) mass is 211 g/mol. The molecule has 5 nitrogen and oxygen atoms in total. The maximum absolute atomic E-state index is 4.29. The molecule has 0 unspecified atom stereocenters. The van der Waals surface area contributed by atoms with Gasteiger partial charge in [0.15, 0.2) is 5.52 Å². The van der Waals surface area contributed by atoms with Crippen LogP contribution in [0.3, 0.4) is 0 Å². The van der Waals surface area contributed by atoms with Crippen LogP contribution in [0.25, 0.3) is 11.2 Å². The highest BCUT2D eigenvalue weighted by Crippen LogP contribution is 2.05. The van der Waals surface area contributed by atoms with E-state index in [0.29, 0.717) is 12.2 Å². The van der Waals surface area contributed by atoms with Gasteiger partial charge in [-0.05, 0) is 5.56 Å². The van der Waals surface area contributed by atoms with Crippen molar-refractivity contribution in [2.24, 2.45) is 0 Å². The number of hydrogen-bond donors (Lipinski definition) is 0. The zero-order valence-electron chi connectivity index (χ0n) is 8.48. The van der Waals surface area contributed by atoms with Gasteiger partial charge in [0.2, 0.25) is 5.65 Å². The predicted octanol–water partition coefficient (Wildman–Crippen LogP) is 1.27. The molecule has 3 aromatic rings. The topological polar surface area (TPSA) is 56.5 Å². The second-order valence-corrected chi connectivity index (χ2v) is 3.45. The van der Waals surface area contributed by atoms with Crippen LogP contribution in [-0.4, -0.2) is 25.0 Å². The molecule has 3 rings (SSSR count). The van der Waals surface area contributed by atoms with E-state index in [9.17, 15) is 0 Å².